The van der Waals surface area contributed by atoms with E-state index >= 15 is 0 Å². The minimum atomic E-state index is -2.50. The first-order chi connectivity index (χ1) is 12.9. The van der Waals surface area contributed by atoms with Crippen LogP contribution < -0.4 is 10.1 Å². The van der Waals surface area contributed by atoms with Gasteiger partial charge in [0, 0.05) is 15.6 Å². The third-order valence-corrected chi connectivity index (χ3v) is 4.55. The van der Waals surface area contributed by atoms with Crippen molar-refractivity contribution in [3.63, 3.8) is 0 Å². The van der Waals surface area contributed by atoms with Gasteiger partial charge in [-0.25, -0.2) is 9.97 Å². The first-order valence-corrected chi connectivity index (χ1v) is 9.13. The van der Waals surface area contributed by atoms with E-state index in [4.69, 9.17) is 27.9 Å². The van der Waals surface area contributed by atoms with E-state index in [0.29, 0.717) is 43.3 Å². The van der Waals surface area contributed by atoms with Crippen LogP contribution in [-0.2, 0) is 4.79 Å². The summed E-state index contributed by atoms with van der Waals surface area (Å²) in [5.41, 5.74) is 0.916. The van der Waals surface area contributed by atoms with Crippen LogP contribution in [0.5, 0.6) is 5.88 Å². The number of aromatic nitrogens is 2. The molecular formula is C17H11Cl2F2N3O2S. The van der Waals surface area contributed by atoms with Gasteiger partial charge in [-0.3, -0.25) is 4.79 Å². The van der Waals surface area contributed by atoms with E-state index in [0.717, 1.165) is 0 Å². The second-order valence-electron chi connectivity index (χ2n) is 5.20. The lowest BCUT2D eigenvalue weighted by Gasteiger charge is -2.10. The van der Waals surface area contributed by atoms with Crippen molar-refractivity contribution >= 4 is 57.5 Å². The fraction of sp³-hybridized carbons (Fsp3) is 0.118. The molecule has 0 saturated heterocycles. The molecule has 0 aliphatic heterocycles. The van der Waals surface area contributed by atoms with Crippen molar-refractivity contribution in [2.75, 3.05) is 11.9 Å². The number of anilines is 1. The van der Waals surface area contributed by atoms with E-state index in [-0.39, 0.29) is 12.5 Å². The van der Waals surface area contributed by atoms with Crippen molar-refractivity contribution in [2.45, 2.75) is 10.7 Å². The molecule has 0 aliphatic rings. The van der Waals surface area contributed by atoms with Gasteiger partial charge in [0.15, 0.2) is 6.61 Å². The first kappa shape index (κ1) is 19.6. The second-order valence-corrected chi connectivity index (χ2v) is 7.11. The minimum absolute atomic E-state index is 0.170. The Morgan fingerprint density at radius 2 is 1.93 bits per heavy atom. The number of ether oxygens (including phenoxy) is 1. The van der Waals surface area contributed by atoms with Gasteiger partial charge < -0.3 is 10.1 Å². The smallest absolute Gasteiger partial charge is 0.288 e. The van der Waals surface area contributed by atoms with Crippen molar-refractivity contribution in [3.05, 3.63) is 52.8 Å². The maximum absolute atomic E-state index is 12.3. The highest BCUT2D eigenvalue weighted by atomic mass is 35.5. The molecule has 1 N–H and O–H groups in total. The van der Waals surface area contributed by atoms with Crippen molar-refractivity contribution in [3.8, 4) is 5.88 Å². The summed E-state index contributed by atoms with van der Waals surface area (Å²) in [6, 6.07) is 9.19. The van der Waals surface area contributed by atoms with Crippen LogP contribution >= 0.6 is 35.0 Å². The van der Waals surface area contributed by atoms with Gasteiger partial charge in [-0.05, 0) is 36.4 Å². The van der Waals surface area contributed by atoms with Gasteiger partial charge in [0.1, 0.15) is 6.33 Å². The molecule has 0 radical (unpaired) electrons. The average molecular weight is 430 g/mol. The number of amides is 1. The number of fused-ring (bicyclic) bond motifs is 1. The van der Waals surface area contributed by atoms with E-state index in [9.17, 15) is 13.6 Å². The summed E-state index contributed by atoms with van der Waals surface area (Å²) in [6.07, 6.45) is 1.27. The molecule has 0 unspecified atom stereocenters. The van der Waals surface area contributed by atoms with Crippen LogP contribution in [0.3, 0.4) is 0 Å². The van der Waals surface area contributed by atoms with Gasteiger partial charge in [0.2, 0.25) is 5.88 Å². The molecule has 1 heterocycles. The largest absolute Gasteiger partial charge is 0.467 e. The highest BCUT2D eigenvalue weighted by Gasteiger charge is 2.12. The van der Waals surface area contributed by atoms with Gasteiger partial charge in [0.25, 0.3) is 11.7 Å². The quantitative estimate of drug-likeness (QED) is 0.540. The third-order valence-electron chi connectivity index (χ3n) is 3.32. The Bertz CT molecular complexity index is 974. The Balaban J connectivity index is 1.65. The molecular weight excluding hydrogens is 419 g/mol. The Hall–Kier alpha value is -2.16. The summed E-state index contributed by atoms with van der Waals surface area (Å²) in [7, 11) is 0. The molecule has 140 valence electrons. The second kappa shape index (κ2) is 8.69. The van der Waals surface area contributed by atoms with E-state index < -0.39 is 11.7 Å². The maximum atomic E-state index is 12.3. The number of halogens is 4. The normalized spacial score (nSPS) is 11.0. The number of carbonyl (C=O) groups is 1. The van der Waals surface area contributed by atoms with E-state index in [2.05, 4.69) is 15.3 Å². The van der Waals surface area contributed by atoms with Crippen LogP contribution in [0.15, 0.2) is 47.6 Å². The van der Waals surface area contributed by atoms with Crippen molar-refractivity contribution in [2.24, 2.45) is 0 Å². The zero-order valence-electron chi connectivity index (χ0n) is 13.5. The predicted octanol–water partition coefficient (Wildman–Crippen LogP) is 5.27. The zero-order chi connectivity index (χ0) is 19.4. The predicted molar refractivity (Wildman–Crippen MR) is 102 cm³/mol. The van der Waals surface area contributed by atoms with Crippen LogP contribution in [0, 0.1) is 0 Å². The summed E-state index contributed by atoms with van der Waals surface area (Å²) in [6.45, 7) is -0.316. The lowest BCUT2D eigenvalue weighted by molar-refractivity contribution is -0.118. The Kier molecular flexibility index (Phi) is 6.30. The molecule has 3 rings (SSSR count). The minimum Gasteiger partial charge on any atom is -0.467 e. The Labute approximate surface area is 167 Å². The van der Waals surface area contributed by atoms with Crippen LogP contribution in [-0.4, -0.2) is 28.2 Å². The number of hydrogen-bond donors (Lipinski definition) is 1. The molecule has 0 spiro atoms. The van der Waals surface area contributed by atoms with E-state index in [1.807, 2.05) is 0 Å². The molecule has 10 heteroatoms. The van der Waals surface area contributed by atoms with E-state index in [1.165, 1.54) is 30.6 Å². The van der Waals surface area contributed by atoms with Crippen molar-refractivity contribution in [1.29, 1.82) is 0 Å². The Morgan fingerprint density at radius 1 is 1.19 bits per heavy atom. The maximum Gasteiger partial charge on any atom is 0.288 e. The number of rotatable bonds is 6. The zero-order valence-corrected chi connectivity index (χ0v) is 15.8. The fourth-order valence-corrected chi connectivity index (χ4v) is 3.28. The molecule has 0 saturated carbocycles. The number of benzene rings is 2. The molecule has 27 heavy (non-hydrogen) atoms. The molecule has 0 aliphatic carbocycles. The van der Waals surface area contributed by atoms with Gasteiger partial charge in [-0.1, -0.05) is 35.0 Å². The van der Waals surface area contributed by atoms with Gasteiger partial charge in [-0.2, -0.15) is 8.78 Å². The molecule has 0 bridgehead atoms. The highest BCUT2D eigenvalue weighted by molar-refractivity contribution is 7.99. The van der Waals surface area contributed by atoms with Crippen molar-refractivity contribution < 1.29 is 18.3 Å². The molecule has 1 aromatic heterocycles. The Morgan fingerprint density at radius 3 is 2.63 bits per heavy atom. The van der Waals surface area contributed by atoms with Crippen LogP contribution in [0.25, 0.3) is 10.9 Å². The van der Waals surface area contributed by atoms with Gasteiger partial charge in [0.05, 0.1) is 15.9 Å². The van der Waals surface area contributed by atoms with Crippen LogP contribution in [0.4, 0.5) is 14.5 Å². The summed E-state index contributed by atoms with van der Waals surface area (Å²) >= 11 is 12.5. The topological polar surface area (TPSA) is 64.1 Å². The summed E-state index contributed by atoms with van der Waals surface area (Å²) < 4.78 is 30.1. The monoisotopic (exact) mass is 429 g/mol. The van der Waals surface area contributed by atoms with E-state index in [1.54, 1.807) is 12.1 Å². The number of nitrogens with zero attached hydrogens (tertiary/aromatic N) is 2. The average Bonchev–Trinajstić information content (AvgIpc) is 2.61. The standard InChI is InChI=1S/C17H11Cl2F2N3O2S/c18-9-5-12-15(13(19)6-9)22-8-23-16(12)26-7-14(25)24-10-1-3-11(4-2-10)27-17(20)21/h1-6,8,17H,7H2,(H,24,25). The van der Waals surface area contributed by atoms with Crippen LogP contribution in [0.1, 0.15) is 0 Å². The number of thioether (sulfide) groups is 1. The number of carbonyl (C=O) groups excluding carboxylic acids is 1. The summed E-state index contributed by atoms with van der Waals surface area (Å²) in [5.74, 6) is -2.77. The van der Waals surface area contributed by atoms with Crippen LogP contribution in [0.2, 0.25) is 10.0 Å². The SMILES string of the molecule is O=C(COc1ncnc2c(Cl)cc(Cl)cc12)Nc1ccc(SC(F)F)cc1. The molecule has 0 fully saturated rings. The first-order valence-electron chi connectivity index (χ1n) is 7.49. The summed E-state index contributed by atoms with van der Waals surface area (Å²) in [5, 5.41) is 3.82. The number of hydrogen-bond acceptors (Lipinski definition) is 5. The van der Waals surface area contributed by atoms with Gasteiger partial charge in [-0.15, -0.1) is 0 Å². The molecule has 2 aromatic carbocycles. The molecule has 0 atom stereocenters. The lowest BCUT2D eigenvalue weighted by Crippen LogP contribution is -2.20. The molecule has 3 aromatic rings. The highest BCUT2D eigenvalue weighted by Crippen LogP contribution is 2.31. The molecule has 1 amide bonds. The fourth-order valence-electron chi connectivity index (χ4n) is 2.23. The number of nitrogens with one attached hydrogen (secondary N) is 1. The number of alkyl halides is 2. The third kappa shape index (κ3) is 5.18. The van der Waals surface area contributed by atoms with Gasteiger partial charge >= 0.3 is 0 Å². The van der Waals surface area contributed by atoms with Crippen molar-refractivity contribution in [1.82, 2.24) is 9.97 Å². The summed E-state index contributed by atoms with van der Waals surface area (Å²) in [4.78, 5) is 20.5. The lowest BCUT2D eigenvalue weighted by atomic mass is 10.2. The molecule has 5 nitrogen and oxygen atoms in total.